The zero-order valence-corrected chi connectivity index (χ0v) is 17.5. The lowest BCUT2D eigenvalue weighted by atomic mass is 10.1. The van der Waals surface area contributed by atoms with Crippen molar-refractivity contribution in [3.8, 4) is 5.75 Å². The van der Waals surface area contributed by atoms with Crippen LogP contribution in [0.15, 0.2) is 47.9 Å². The van der Waals surface area contributed by atoms with Crippen molar-refractivity contribution in [1.82, 2.24) is 4.98 Å². The number of aryl methyl sites for hydroxylation is 3. The van der Waals surface area contributed by atoms with Crippen LogP contribution in [0, 0.1) is 20.8 Å². The minimum absolute atomic E-state index is 0.229. The van der Waals surface area contributed by atoms with E-state index in [1.54, 1.807) is 17.4 Å². The smallest absolute Gasteiger partial charge is 0.248 e. The first kappa shape index (κ1) is 20.1. The number of benzene rings is 2. The zero-order chi connectivity index (χ0) is 20.1. The summed E-state index contributed by atoms with van der Waals surface area (Å²) in [5, 5.41) is 6.40. The van der Waals surface area contributed by atoms with Crippen molar-refractivity contribution in [1.29, 1.82) is 0 Å². The molecule has 144 valence electrons. The summed E-state index contributed by atoms with van der Waals surface area (Å²) >= 11 is 7.84. The third kappa shape index (κ3) is 5.44. The molecule has 0 saturated heterocycles. The molecule has 0 aliphatic carbocycles. The minimum atomic E-state index is -0.229. The van der Waals surface area contributed by atoms with Gasteiger partial charge in [-0.05, 0) is 61.7 Å². The third-order valence-electron chi connectivity index (χ3n) is 4.04. The van der Waals surface area contributed by atoms with Crippen LogP contribution in [-0.4, -0.2) is 10.9 Å². The number of carbonyl (C=O) groups excluding carboxylic acids is 1. The minimum Gasteiger partial charge on any atom is -0.487 e. The molecule has 1 amide bonds. The molecular weight excluding hydrogens is 392 g/mol. The Labute approximate surface area is 173 Å². The Bertz CT molecular complexity index is 987. The van der Waals surface area contributed by atoms with Gasteiger partial charge >= 0.3 is 0 Å². The van der Waals surface area contributed by atoms with Crippen LogP contribution in [-0.2, 0) is 11.4 Å². The van der Waals surface area contributed by atoms with E-state index in [1.165, 1.54) is 6.08 Å². The molecule has 6 heteroatoms. The molecule has 0 aliphatic heterocycles. The summed E-state index contributed by atoms with van der Waals surface area (Å²) in [5.41, 5.74) is 4.46. The number of thiazole rings is 1. The molecule has 1 aromatic heterocycles. The van der Waals surface area contributed by atoms with Crippen molar-refractivity contribution in [3.05, 3.63) is 80.3 Å². The molecule has 1 N–H and O–H groups in total. The molecule has 0 saturated carbocycles. The number of rotatable bonds is 6. The highest BCUT2D eigenvalue weighted by Crippen LogP contribution is 2.27. The average Bonchev–Trinajstić information content (AvgIpc) is 3.07. The monoisotopic (exact) mass is 412 g/mol. The first-order valence-electron chi connectivity index (χ1n) is 8.80. The molecular formula is C22H21ClN2O2S. The van der Waals surface area contributed by atoms with Crippen LogP contribution in [0.2, 0.25) is 5.02 Å². The molecule has 0 unspecified atom stereocenters. The normalized spacial score (nSPS) is 11.0. The number of amides is 1. The molecule has 3 aromatic rings. The van der Waals surface area contributed by atoms with E-state index >= 15 is 0 Å². The van der Waals surface area contributed by atoms with E-state index in [0.29, 0.717) is 17.3 Å². The molecule has 3 rings (SSSR count). The van der Waals surface area contributed by atoms with Gasteiger partial charge in [0.1, 0.15) is 12.4 Å². The summed E-state index contributed by atoms with van der Waals surface area (Å²) in [6.45, 7) is 6.30. The molecule has 1 heterocycles. The summed E-state index contributed by atoms with van der Waals surface area (Å²) < 4.78 is 5.73. The van der Waals surface area contributed by atoms with Crippen molar-refractivity contribution in [2.24, 2.45) is 0 Å². The van der Waals surface area contributed by atoms with Gasteiger partial charge in [0, 0.05) is 11.5 Å². The van der Waals surface area contributed by atoms with Crippen molar-refractivity contribution in [2.75, 3.05) is 5.32 Å². The summed E-state index contributed by atoms with van der Waals surface area (Å²) in [4.78, 5) is 16.6. The topological polar surface area (TPSA) is 51.2 Å². The fraction of sp³-hybridized carbons (Fsp3) is 0.182. The molecule has 28 heavy (non-hydrogen) atoms. The fourth-order valence-electron chi connectivity index (χ4n) is 2.72. The second kappa shape index (κ2) is 9.04. The van der Waals surface area contributed by atoms with Crippen LogP contribution < -0.4 is 10.1 Å². The first-order chi connectivity index (χ1) is 13.4. The van der Waals surface area contributed by atoms with E-state index in [1.807, 2.05) is 62.5 Å². The molecule has 0 radical (unpaired) electrons. The maximum Gasteiger partial charge on any atom is 0.248 e. The van der Waals surface area contributed by atoms with Crippen LogP contribution in [0.25, 0.3) is 6.08 Å². The van der Waals surface area contributed by atoms with Crippen LogP contribution in [0.3, 0.4) is 0 Å². The highest BCUT2D eigenvalue weighted by atomic mass is 35.5. The number of halogens is 1. The lowest BCUT2D eigenvalue weighted by Crippen LogP contribution is -2.09. The standard InChI is InChI=1S/C22H21ClN2O2S/c1-14-10-15(2)22(20(23)11-14)25-21(26)9-6-17-4-7-19(8-5-17)27-12-18-13-28-16(3)24-18/h4-11,13H,12H2,1-3H3,(H,25,26)/b9-6+. The van der Waals surface area contributed by atoms with Crippen molar-refractivity contribution < 1.29 is 9.53 Å². The molecule has 0 fully saturated rings. The number of carbonyl (C=O) groups is 1. The van der Waals surface area contributed by atoms with Gasteiger partial charge < -0.3 is 10.1 Å². The Hall–Kier alpha value is -2.63. The Morgan fingerprint density at radius 2 is 1.96 bits per heavy atom. The highest BCUT2D eigenvalue weighted by Gasteiger charge is 2.07. The van der Waals surface area contributed by atoms with Crippen molar-refractivity contribution in [3.63, 3.8) is 0 Å². The SMILES string of the molecule is Cc1cc(C)c(NC(=O)/C=C/c2ccc(OCc3csc(C)n3)cc2)c(Cl)c1. The van der Waals surface area contributed by atoms with E-state index in [-0.39, 0.29) is 5.91 Å². The second-order valence-corrected chi connectivity index (χ2v) is 7.95. The maximum atomic E-state index is 12.2. The number of aromatic nitrogens is 1. The van der Waals surface area contributed by atoms with E-state index in [0.717, 1.165) is 33.1 Å². The van der Waals surface area contributed by atoms with Gasteiger partial charge in [0.15, 0.2) is 0 Å². The lowest BCUT2D eigenvalue weighted by Gasteiger charge is -2.10. The number of nitrogens with zero attached hydrogens (tertiary/aromatic N) is 1. The quantitative estimate of drug-likeness (QED) is 0.508. The van der Waals surface area contributed by atoms with Gasteiger partial charge in [-0.2, -0.15) is 0 Å². The van der Waals surface area contributed by atoms with Gasteiger partial charge in [-0.15, -0.1) is 11.3 Å². The van der Waals surface area contributed by atoms with Gasteiger partial charge in [0.25, 0.3) is 0 Å². The largest absolute Gasteiger partial charge is 0.487 e. The highest BCUT2D eigenvalue weighted by molar-refractivity contribution is 7.09. The Morgan fingerprint density at radius 1 is 1.21 bits per heavy atom. The van der Waals surface area contributed by atoms with Crippen LogP contribution in [0.1, 0.15) is 27.4 Å². The first-order valence-corrected chi connectivity index (χ1v) is 10.1. The Kier molecular flexibility index (Phi) is 6.49. The third-order valence-corrected chi connectivity index (χ3v) is 5.16. The number of nitrogens with one attached hydrogen (secondary N) is 1. The summed E-state index contributed by atoms with van der Waals surface area (Å²) in [6.07, 6.45) is 3.24. The van der Waals surface area contributed by atoms with Gasteiger partial charge in [-0.3, -0.25) is 4.79 Å². The number of hydrogen-bond acceptors (Lipinski definition) is 4. The molecule has 0 spiro atoms. The Morgan fingerprint density at radius 3 is 2.61 bits per heavy atom. The second-order valence-electron chi connectivity index (χ2n) is 6.48. The van der Waals surface area contributed by atoms with E-state index in [9.17, 15) is 4.79 Å². The van der Waals surface area contributed by atoms with E-state index in [2.05, 4.69) is 10.3 Å². The maximum absolute atomic E-state index is 12.2. The van der Waals surface area contributed by atoms with Crippen molar-refractivity contribution >= 4 is 40.6 Å². The van der Waals surface area contributed by atoms with Crippen LogP contribution in [0.4, 0.5) is 5.69 Å². The molecule has 0 aliphatic rings. The molecule has 0 atom stereocenters. The summed E-state index contributed by atoms with van der Waals surface area (Å²) in [7, 11) is 0. The number of anilines is 1. The van der Waals surface area contributed by atoms with Crippen molar-refractivity contribution in [2.45, 2.75) is 27.4 Å². The summed E-state index contributed by atoms with van der Waals surface area (Å²) in [6, 6.07) is 11.4. The van der Waals surface area contributed by atoms with E-state index < -0.39 is 0 Å². The Balaban J connectivity index is 1.57. The van der Waals surface area contributed by atoms with Gasteiger partial charge in [0.05, 0.1) is 21.4 Å². The fourth-order valence-corrected chi connectivity index (χ4v) is 3.68. The predicted octanol–water partition coefficient (Wildman–Crippen LogP) is 5.95. The number of ether oxygens (including phenoxy) is 1. The van der Waals surface area contributed by atoms with Crippen LogP contribution in [0.5, 0.6) is 5.75 Å². The van der Waals surface area contributed by atoms with Gasteiger partial charge in [-0.25, -0.2) is 4.98 Å². The lowest BCUT2D eigenvalue weighted by molar-refractivity contribution is -0.111. The molecule has 4 nitrogen and oxygen atoms in total. The van der Waals surface area contributed by atoms with Gasteiger partial charge in [-0.1, -0.05) is 29.8 Å². The number of hydrogen-bond donors (Lipinski definition) is 1. The average molecular weight is 413 g/mol. The summed E-state index contributed by atoms with van der Waals surface area (Å²) in [5.74, 6) is 0.530. The predicted molar refractivity (Wildman–Crippen MR) is 116 cm³/mol. The van der Waals surface area contributed by atoms with Gasteiger partial charge in [0.2, 0.25) is 5.91 Å². The van der Waals surface area contributed by atoms with Crippen LogP contribution >= 0.6 is 22.9 Å². The molecule has 2 aromatic carbocycles. The molecule has 0 bridgehead atoms. The zero-order valence-electron chi connectivity index (χ0n) is 16.0. The van der Waals surface area contributed by atoms with E-state index in [4.69, 9.17) is 16.3 Å².